The second kappa shape index (κ2) is 43.8. The Kier molecular flexibility index (Phi) is 60.8. The van der Waals surface area contributed by atoms with Crippen molar-refractivity contribution in [2.45, 2.75) is 236 Å². The van der Waals surface area contributed by atoms with E-state index in [2.05, 4.69) is 187 Å². The van der Waals surface area contributed by atoms with Crippen molar-refractivity contribution in [2.24, 2.45) is 43.3 Å². The van der Waals surface area contributed by atoms with Crippen LogP contribution in [0, 0.1) is 43.3 Å². The van der Waals surface area contributed by atoms with Crippen LogP contribution in [-0.2, 0) is 9.59 Å². The topological polar surface area (TPSA) is 179 Å². The Morgan fingerprint density at radius 1 is 0.443 bits per heavy atom. The standard InChI is InChI=1S/C10H23N.3C10H22N.C6H12.C2H4O.CH3NO.3K.2H2N/c4*1-9(2,3)8(11-7)10(4,5)6;1-2-4-6-5-3-1;1-2-3;2-1-3;;;;;/h8,11H,1-7H3;3*8H,1-7H3;1-6H2;2H,1H3;1H,(H2,2,3);;;;2*1H2/q;3*-1;;;;3*+1;2*-1/p-1/i;;;;;2T;1T;;;;;. The molecule has 61 heavy (non-hydrogen) atoms. The summed E-state index contributed by atoms with van der Waals surface area (Å²) < 4.78 is 11.6. The SMILES string of the molecule is C1CCCCC1.CNC(C(C)(C)C)C(C)(C)C.C[N-]C(C(C)(C)C)C(C)(C)C.C[N-]C(C(C)(C)C)C(C)(C)C.C[N-]C(C(C)(C)C)C(C)(C)C.[3H]C(C)=O.[3H]C([NH-])=O.[K+].[K+].[K+].[NH2-].[NH2-]. The number of hydrogen-bond donors (Lipinski definition) is 1. The summed E-state index contributed by atoms with van der Waals surface area (Å²) in [5.74, 6) is 0. The molecule has 0 heterocycles. The molecule has 0 saturated heterocycles. The first-order valence-corrected chi connectivity index (χ1v) is 21.4. The van der Waals surface area contributed by atoms with Gasteiger partial charge in [0, 0.05) is 12.4 Å². The zero-order valence-electron chi connectivity index (χ0n) is 49.9. The number of rotatable bonds is 4. The van der Waals surface area contributed by atoms with E-state index in [1.54, 1.807) is 0 Å². The van der Waals surface area contributed by atoms with E-state index in [-0.39, 0.29) is 199 Å². The maximum Gasteiger partial charge on any atom is 1.00 e. The van der Waals surface area contributed by atoms with Gasteiger partial charge in [-0.25, -0.2) is 0 Å². The number of carbonyl (C=O) groups is 2. The molecule has 9 nitrogen and oxygen atoms in total. The van der Waals surface area contributed by atoms with Crippen LogP contribution >= 0.6 is 0 Å². The van der Waals surface area contributed by atoms with Gasteiger partial charge in [-0.1, -0.05) is 237 Å². The molecule has 360 valence electrons. The summed E-state index contributed by atoms with van der Waals surface area (Å²) in [6.45, 7) is 55.3. The van der Waals surface area contributed by atoms with Crippen molar-refractivity contribution in [3.63, 3.8) is 0 Å². The van der Waals surface area contributed by atoms with Crippen LogP contribution in [0.25, 0.3) is 34.0 Å². The number of nitrogens with one attached hydrogen (secondary N) is 2. The fourth-order valence-corrected chi connectivity index (χ4v) is 9.45. The Labute approximate surface area is 517 Å². The third-order valence-corrected chi connectivity index (χ3v) is 9.22. The Balaban J connectivity index is -0.0000000564. The zero-order valence-corrected chi connectivity index (χ0v) is 57.2. The number of hydrogen-bond acceptors (Lipinski definition) is 3. The minimum absolute atomic E-state index is 0. The van der Waals surface area contributed by atoms with Gasteiger partial charge in [0.25, 0.3) is 0 Å². The van der Waals surface area contributed by atoms with Gasteiger partial charge in [0.2, 0.25) is 0 Å². The van der Waals surface area contributed by atoms with Crippen molar-refractivity contribution >= 4 is 12.6 Å². The summed E-state index contributed by atoms with van der Waals surface area (Å²) in [7, 11) is 7.80. The quantitative estimate of drug-likeness (QED) is 0.221. The van der Waals surface area contributed by atoms with E-state index in [1.165, 1.54) is 45.4 Å². The Morgan fingerprint density at radius 2 is 0.557 bits per heavy atom. The van der Waals surface area contributed by atoms with E-state index >= 15 is 0 Å². The maximum atomic E-state index is 9.11. The van der Waals surface area contributed by atoms with Crippen LogP contribution in [0.15, 0.2) is 0 Å². The number of carbonyl (C=O) groups excluding carboxylic acids is 2. The molecule has 1 aliphatic rings. The molecule has 0 atom stereocenters. The van der Waals surface area contributed by atoms with Gasteiger partial charge in [0.05, 0.1) is 1.37 Å². The first-order valence-electron chi connectivity index (χ1n) is 22.4. The van der Waals surface area contributed by atoms with Crippen LogP contribution < -0.4 is 159 Å². The van der Waals surface area contributed by atoms with E-state index in [9.17, 15) is 0 Å². The van der Waals surface area contributed by atoms with Crippen LogP contribution in [0.2, 0.25) is 0 Å². The van der Waals surface area contributed by atoms with Gasteiger partial charge < -0.3 is 48.9 Å². The molecule has 0 aromatic rings. The predicted molar refractivity (Wildman–Crippen MR) is 268 cm³/mol. The largest absolute Gasteiger partial charge is 1.00 e. The van der Waals surface area contributed by atoms with E-state index in [4.69, 9.17) is 18.1 Å². The predicted octanol–water partition coefficient (Wildman–Crippen LogP) is 8.21. The van der Waals surface area contributed by atoms with Crippen molar-refractivity contribution in [1.82, 2.24) is 5.32 Å². The van der Waals surface area contributed by atoms with Gasteiger partial charge in [0.1, 0.15) is 7.63 Å². The third-order valence-electron chi connectivity index (χ3n) is 9.22. The normalized spacial score (nSPS) is 13.5. The molecular formula is C49H111K3N7O2-3. The van der Waals surface area contributed by atoms with E-state index in [0.29, 0.717) is 35.0 Å². The number of aldehydes is 1. The number of nitrogens with zero attached hydrogens (tertiary/aromatic N) is 3. The van der Waals surface area contributed by atoms with Crippen LogP contribution in [-0.4, -0.2) is 65.0 Å². The van der Waals surface area contributed by atoms with Crippen LogP contribution in [0.1, 0.15) is 214 Å². The molecule has 1 saturated carbocycles. The summed E-state index contributed by atoms with van der Waals surface area (Å²) in [5, 5.41) is 16.7. The van der Waals surface area contributed by atoms with Crippen molar-refractivity contribution in [1.29, 1.82) is 0 Å². The molecule has 1 aliphatic carbocycles. The van der Waals surface area contributed by atoms with Crippen LogP contribution in [0.3, 0.4) is 0 Å². The monoisotopic (exact) mass is 951 g/mol. The van der Waals surface area contributed by atoms with Gasteiger partial charge in [-0.3, -0.25) is 0 Å². The average molecular weight is 952 g/mol. The molecule has 0 aromatic carbocycles. The van der Waals surface area contributed by atoms with Crippen molar-refractivity contribution in [3.05, 3.63) is 34.0 Å². The smallest absolute Gasteiger partial charge is 0.693 e. The van der Waals surface area contributed by atoms with Gasteiger partial charge in [-0.15, -0.1) is 18.1 Å². The van der Waals surface area contributed by atoms with Gasteiger partial charge in [0.15, 0.2) is 0 Å². The fraction of sp³-hybridized carbons (Fsp3) is 0.959. The zero-order chi connectivity index (χ0) is 48.5. The van der Waals surface area contributed by atoms with Gasteiger partial charge in [-0.2, -0.15) is 21.1 Å². The number of nitrogens with two attached hydrogens (primary N) is 2. The maximum absolute atomic E-state index is 9.11. The molecular weight excluding hydrogens is 836 g/mol. The van der Waals surface area contributed by atoms with Crippen molar-refractivity contribution in [2.75, 3.05) is 28.2 Å². The summed E-state index contributed by atoms with van der Waals surface area (Å²) in [4.78, 5) is 17.9. The molecule has 0 bridgehead atoms. The molecule has 0 aliphatic heterocycles. The summed E-state index contributed by atoms with van der Waals surface area (Å²) in [5.41, 5.74) is 8.00. The second-order valence-electron chi connectivity index (χ2n) is 24.1. The molecule has 0 spiro atoms. The van der Waals surface area contributed by atoms with E-state index in [1.807, 2.05) is 28.2 Å². The first kappa shape index (κ1) is 84.7. The van der Waals surface area contributed by atoms with Gasteiger partial charge in [-0.05, 0) is 24.8 Å². The molecule has 1 rings (SSSR count). The molecule has 0 aromatic heterocycles. The average Bonchev–Trinajstić information content (AvgIpc) is 2.90. The van der Waals surface area contributed by atoms with Gasteiger partial charge >= 0.3 is 154 Å². The summed E-state index contributed by atoms with van der Waals surface area (Å²) >= 11 is 0. The minimum atomic E-state index is -1.33. The van der Waals surface area contributed by atoms with Crippen LogP contribution in [0.4, 0.5) is 0 Å². The Bertz CT molecular complexity index is 812. The molecule has 1 fully saturated rings. The molecule has 12 heteroatoms. The first-order chi connectivity index (χ1) is 25.2. The van der Waals surface area contributed by atoms with E-state index < -0.39 is 12.6 Å². The summed E-state index contributed by atoms with van der Waals surface area (Å²) in [6, 6.07) is 1.88. The second-order valence-corrected chi connectivity index (χ2v) is 24.1. The molecule has 6 N–H and O–H groups in total. The molecule has 1 amide bonds. The van der Waals surface area contributed by atoms with Crippen LogP contribution in [0.5, 0.6) is 0 Å². The third kappa shape index (κ3) is 56.3. The van der Waals surface area contributed by atoms with Crippen molar-refractivity contribution < 1.29 is 166 Å². The summed E-state index contributed by atoms with van der Waals surface area (Å²) in [6.07, 6.45) is 7.08. The Morgan fingerprint density at radius 3 is 0.574 bits per heavy atom. The number of amides is 1. The fourth-order valence-electron chi connectivity index (χ4n) is 9.45. The molecule has 0 radical (unpaired) electrons. The van der Waals surface area contributed by atoms with E-state index in [0.717, 1.165) is 0 Å². The Hall–Kier alpha value is 3.81. The van der Waals surface area contributed by atoms with Crippen molar-refractivity contribution in [3.8, 4) is 0 Å². The minimum Gasteiger partial charge on any atom is -0.693 e. The molecule has 0 unspecified atom stereocenters.